The second-order valence-electron chi connectivity index (χ2n) is 5.95. The number of unbranched alkanes of at least 4 members (excludes halogenated alkanes) is 1. The minimum Gasteiger partial charge on any atom is -0.312 e. The Bertz CT molecular complexity index is 195. The summed E-state index contributed by atoms with van der Waals surface area (Å²) in [7, 11) is 4.50. The molecule has 0 saturated heterocycles. The third kappa shape index (κ3) is 4.26. The van der Waals surface area contributed by atoms with Crippen LogP contribution in [0.15, 0.2) is 0 Å². The molecule has 0 aromatic heterocycles. The number of nitrogens with zero attached hydrogens (tertiary/aromatic N) is 1. The van der Waals surface area contributed by atoms with Gasteiger partial charge in [0.1, 0.15) is 0 Å². The van der Waals surface area contributed by atoms with Crippen molar-refractivity contribution < 1.29 is 0 Å². The van der Waals surface area contributed by atoms with Gasteiger partial charge in [0.2, 0.25) is 0 Å². The molecule has 1 fully saturated rings. The maximum Gasteiger partial charge on any atom is 0.0327 e. The number of hydrogen-bond acceptors (Lipinski definition) is 2. The van der Waals surface area contributed by atoms with Gasteiger partial charge in [-0.05, 0) is 39.8 Å². The minimum absolute atomic E-state index is 0.444. The summed E-state index contributed by atoms with van der Waals surface area (Å²) in [4.78, 5) is 2.46. The van der Waals surface area contributed by atoms with Crippen LogP contribution in [-0.2, 0) is 0 Å². The van der Waals surface area contributed by atoms with E-state index in [9.17, 15) is 0 Å². The standard InChI is InChI=1S/C15H32N2/c1-5-7-10-14(6-2)16-13-15(17(3)4)11-8-9-12-15/h14,16H,5-13H2,1-4H3. The smallest absolute Gasteiger partial charge is 0.0327 e. The van der Waals surface area contributed by atoms with E-state index in [0.29, 0.717) is 5.54 Å². The SMILES string of the molecule is CCCCC(CC)NCC1(N(C)C)CCCC1. The van der Waals surface area contributed by atoms with E-state index < -0.39 is 0 Å². The van der Waals surface area contributed by atoms with Crippen molar-refractivity contribution in [2.75, 3.05) is 20.6 Å². The highest BCUT2D eigenvalue weighted by Gasteiger charge is 2.35. The van der Waals surface area contributed by atoms with Gasteiger partial charge in [-0.2, -0.15) is 0 Å². The third-order valence-electron chi connectivity index (χ3n) is 4.60. The molecule has 1 unspecified atom stereocenters. The highest BCUT2D eigenvalue weighted by molar-refractivity contribution is 4.95. The Hall–Kier alpha value is -0.0800. The Labute approximate surface area is 108 Å². The normalized spacial score (nSPS) is 21.0. The lowest BCUT2D eigenvalue weighted by Crippen LogP contribution is -2.51. The minimum atomic E-state index is 0.444. The first kappa shape index (κ1) is 15.0. The summed E-state index contributed by atoms with van der Waals surface area (Å²) in [5, 5.41) is 3.83. The highest BCUT2D eigenvalue weighted by Crippen LogP contribution is 2.33. The van der Waals surface area contributed by atoms with Crippen molar-refractivity contribution in [2.24, 2.45) is 0 Å². The van der Waals surface area contributed by atoms with Gasteiger partial charge >= 0.3 is 0 Å². The number of hydrogen-bond donors (Lipinski definition) is 1. The van der Waals surface area contributed by atoms with Crippen LogP contribution in [0.5, 0.6) is 0 Å². The second kappa shape index (κ2) is 7.38. The average Bonchev–Trinajstić information content (AvgIpc) is 2.79. The number of rotatable bonds is 8. The van der Waals surface area contributed by atoms with E-state index in [1.165, 1.54) is 57.9 Å². The first-order chi connectivity index (χ1) is 8.14. The molecule has 0 bridgehead atoms. The summed E-state index contributed by atoms with van der Waals surface area (Å²) in [5.41, 5.74) is 0.444. The molecule has 0 aromatic rings. The Morgan fingerprint density at radius 2 is 1.82 bits per heavy atom. The quantitative estimate of drug-likeness (QED) is 0.699. The molecule has 2 nitrogen and oxygen atoms in total. The zero-order valence-electron chi connectivity index (χ0n) is 12.4. The van der Waals surface area contributed by atoms with Crippen molar-refractivity contribution in [1.82, 2.24) is 10.2 Å². The Morgan fingerprint density at radius 3 is 2.29 bits per heavy atom. The van der Waals surface area contributed by atoms with Crippen LogP contribution in [0.25, 0.3) is 0 Å². The van der Waals surface area contributed by atoms with Crippen LogP contribution in [0, 0.1) is 0 Å². The van der Waals surface area contributed by atoms with Crippen molar-refractivity contribution in [3.8, 4) is 0 Å². The predicted molar refractivity (Wildman–Crippen MR) is 76.5 cm³/mol. The molecule has 0 radical (unpaired) electrons. The van der Waals surface area contributed by atoms with Crippen LogP contribution in [0.3, 0.4) is 0 Å². The average molecular weight is 240 g/mol. The van der Waals surface area contributed by atoms with Crippen LogP contribution in [0.2, 0.25) is 0 Å². The molecular formula is C15H32N2. The van der Waals surface area contributed by atoms with Crippen LogP contribution in [0.4, 0.5) is 0 Å². The zero-order valence-corrected chi connectivity index (χ0v) is 12.4. The van der Waals surface area contributed by atoms with Gasteiger partial charge in [0.15, 0.2) is 0 Å². The maximum absolute atomic E-state index is 3.83. The van der Waals surface area contributed by atoms with Crippen molar-refractivity contribution in [3.63, 3.8) is 0 Å². The van der Waals surface area contributed by atoms with Crippen molar-refractivity contribution >= 4 is 0 Å². The molecule has 0 aromatic carbocycles. The maximum atomic E-state index is 3.83. The van der Waals surface area contributed by atoms with Gasteiger partial charge in [-0.3, -0.25) is 0 Å². The summed E-state index contributed by atoms with van der Waals surface area (Å²) in [6, 6.07) is 0.729. The molecule has 0 heterocycles. The molecule has 0 aliphatic heterocycles. The molecule has 1 atom stereocenters. The third-order valence-corrected chi connectivity index (χ3v) is 4.60. The van der Waals surface area contributed by atoms with E-state index in [1.807, 2.05) is 0 Å². The van der Waals surface area contributed by atoms with Gasteiger partial charge in [-0.25, -0.2) is 0 Å². The molecule has 1 saturated carbocycles. The van der Waals surface area contributed by atoms with Gasteiger partial charge < -0.3 is 10.2 Å². The fourth-order valence-electron chi connectivity index (χ4n) is 3.05. The van der Waals surface area contributed by atoms with Gasteiger partial charge in [-0.15, -0.1) is 0 Å². The van der Waals surface area contributed by atoms with E-state index >= 15 is 0 Å². The van der Waals surface area contributed by atoms with E-state index in [0.717, 1.165) is 6.04 Å². The van der Waals surface area contributed by atoms with E-state index in [-0.39, 0.29) is 0 Å². The lowest BCUT2D eigenvalue weighted by atomic mass is 9.95. The fourth-order valence-corrected chi connectivity index (χ4v) is 3.05. The molecule has 1 aliphatic carbocycles. The Kier molecular flexibility index (Phi) is 6.50. The predicted octanol–water partition coefficient (Wildman–Crippen LogP) is 3.42. The van der Waals surface area contributed by atoms with Crippen molar-refractivity contribution in [2.45, 2.75) is 76.8 Å². The summed E-state index contributed by atoms with van der Waals surface area (Å²) in [5.74, 6) is 0. The van der Waals surface area contributed by atoms with Crippen LogP contribution < -0.4 is 5.32 Å². The molecule has 1 rings (SSSR count). The van der Waals surface area contributed by atoms with Crippen molar-refractivity contribution in [3.05, 3.63) is 0 Å². The van der Waals surface area contributed by atoms with Gasteiger partial charge in [0, 0.05) is 18.1 Å². The lowest BCUT2D eigenvalue weighted by Gasteiger charge is -2.38. The summed E-state index contributed by atoms with van der Waals surface area (Å²) < 4.78 is 0. The fraction of sp³-hybridized carbons (Fsp3) is 1.00. The summed E-state index contributed by atoms with van der Waals surface area (Å²) >= 11 is 0. The first-order valence-electron chi connectivity index (χ1n) is 7.55. The molecule has 1 aliphatic rings. The second-order valence-corrected chi connectivity index (χ2v) is 5.95. The zero-order chi connectivity index (χ0) is 12.7. The largest absolute Gasteiger partial charge is 0.312 e. The molecule has 102 valence electrons. The van der Waals surface area contributed by atoms with Gasteiger partial charge in [-0.1, -0.05) is 39.5 Å². The van der Waals surface area contributed by atoms with E-state index in [2.05, 4.69) is 38.2 Å². The molecule has 2 heteroatoms. The topological polar surface area (TPSA) is 15.3 Å². The van der Waals surface area contributed by atoms with Crippen molar-refractivity contribution in [1.29, 1.82) is 0 Å². The Balaban J connectivity index is 2.40. The van der Waals surface area contributed by atoms with Crippen LogP contribution >= 0.6 is 0 Å². The first-order valence-corrected chi connectivity index (χ1v) is 7.55. The monoisotopic (exact) mass is 240 g/mol. The molecule has 17 heavy (non-hydrogen) atoms. The molecule has 1 N–H and O–H groups in total. The van der Waals surface area contributed by atoms with E-state index in [4.69, 9.17) is 0 Å². The van der Waals surface area contributed by atoms with E-state index in [1.54, 1.807) is 0 Å². The lowest BCUT2D eigenvalue weighted by molar-refractivity contribution is 0.147. The van der Waals surface area contributed by atoms with Gasteiger partial charge in [0.25, 0.3) is 0 Å². The Morgan fingerprint density at radius 1 is 1.18 bits per heavy atom. The molecule has 0 amide bonds. The number of likely N-dealkylation sites (N-methyl/N-ethyl adjacent to an activating group) is 1. The molecular weight excluding hydrogens is 208 g/mol. The van der Waals surface area contributed by atoms with Crippen LogP contribution in [0.1, 0.15) is 65.2 Å². The van der Waals surface area contributed by atoms with Gasteiger partial charge in [0.05, 0.1) is 0 Å². The highest BCUT2D eigenvalue weighted by atomic mass is 15.2. The van der Waals surface area contributed by atoms with Crippen LogP contribution in [-0.4, -0.2) is 37.1 Å². The summed E-state index contributed by atoms with van der Waals surface area (Å²) in [6.07, 6.45) is 10.9. The molecule has 0 spiro atoms. The number of nitrogens with one attached hydrogen (secondary N) is 1. The summed E-state index contributed by atoms with van der Waals surface area (Å²) in [6.45, 7) is 5.78.